The molecule has 1 N–H and O–H groups in total. The third kappa shape index (κ3) is 5.90. The average Bonchev–Trinajstić information content (AvgIpc) is 2.81. The second-order valence-electron chi connectivity index (χ2n) is 7.72. The van der Waals surface area contributed by atoms with Gasteiger partial charge in [0.2, 0.25) is 0 Å². The van der Waals surface area contributed by atoms with Crippen LogP contribution in [0.15, 0.2) is 66.2 Å². The summed E-state index contributed by atoms with van der Waals surface area (Å²) in [6, 6.07) is 12.3. The molecule has 0 atom stereocenters. The van der Waals surface area contributed by atoms with Crippen LogP contribution in [-0.2, 0) is 22.4 Å². The number of barbiturate groups is 1. The van der Waals surface area contributed by atoms with Gasteiger partial charge in [0.15, 0.2) is 0 Å². The van der Waals surface area contributed by atoms with Crippen molar-refractivity contribution in [3.63, 3.8) is 0 Å². The fourth-order valence-electron chi connectivity index (χ4n) is 3.44. The highest BCUT2D eigenvalue weighted by Gasteiger charge is 2.39. The number of carbonyl (C=O) groups excluding carboxylic acids is 3. The van der Waals surface area contributed by atoms with E-state index in [0.29, 0.717) is 22.1 Å². The lowest BCUT2D eigenvalue weighted by Crippen LogP contribution is -2.54. The van der Waals surface area contributed by atoms with E-state index in [0.717, 1.165) is 17.7 Å². The van der Waals surface area contributed by atoms with Crippen molar-refractivity contribution in [2.75, 3.05) is 4.90 Å². The van der Waals surface area contributed by atoms with Crippen LogP contribution in [0, 0.1) is 0 Å². The molecule has 0 aromatic heterocycles. The molecule has 3 aromatic carbocycles. The normalized spacial score (nSPS) is 15.2. The van der Waals surface area contributed by atoms with Gasteiger partial charge in [0.05, 0.1) is 16.3 Å². The predicted molar refractivity (Wildman–Crippen MR) is 133 cm³/mol. The lowest BCUT2D eigenvalue weighted by atomic mass is 10.1. The second-order valence-corrected chi connectivity index (χ2v) is 9.00. The average molecular weight is 570 g/mol. The minimum absolute atomic E-state index is 0.0863. The Morgan fingerprint density at radius 3 is 2.35 bits per heavy atom. The van der Waals surface area contributed by atoms with E-state index in [4.69, 9.17) is 39.5 Å². The third-order valence-corrected chi connectivity index (χ3v) is 5.96. The third-order valence-electron chi connectivity index (χ3n) is 5.17. The largest absolute Gasteiger partial charge is 0.488 e. The number of ether oxygens (including phenoxy) is 1. The van der Waals surface area contributed by atoms with Crippen molar-refractivity contribution < 1.29 is 32.3 Å². The number of imide groups is 2. The van der Waals surface area contributed by atoms with Crippen LogP contribution in [0.3, 0.4) is 0 Å². The van der Waals surface area contributed by atoms with Gasteiger partial charge in [-0.3, -0.25) is 14.9 Å². The van der Waals surface area contributed by atoms with Crippen LogP contribution in [0.2, 0.25) is 15.1 Å². The maximum atomic E-state index is 13.2. The van der Waals surface area contributed by atoms with Crippen molar-refractivity contribution in [2.45, 2.75) is 12.8 Å². The molecule has 12 heteroatoms. The predicted octanol–water partition coefficient (Wildman–Crippen LogP) is 6.91. The molecule has 37 heavy (non-hydrogen) atoms. The van der Waals surface area contributed by atoms with Crippen molar-refractivity contribution in [3.05, 3.63) is 98.0 Å². The summed E-state index contributed by atoms with van der Waals surface area (Å²) < 4.78 is 45.5. The zero-order valence-corrected chi connectivity index (χ0v) is 20.7. The zero-order chi connectivity index (χ0) is 26.9. The molecule has 0 bridgehead atoms. The van der Waals surface area contributed by atoms with Gasteiger partial charge >= 0.3 is 12.2 Å². The van der Waals surface area contributed by atoms with E-state index in [1.807, 2.05) is 5.32 Å². The monoisotopic (exact) mass is 568 g/mol. The molecule has 1 heterocycles. The quantitative estimate of drug-likeness (QED) is 0.268. The van der Waals surface area contributed by atoms with Gasteiger partial charge in [0.25, 0.3) is 11.8 Å². The summed E-state index contributed by atoms with van der Waals surface area (Å²) in [5, 5.41) is 2.39. The molecular formula is C25H14Cl3F3N2O4. The number of carbonyl (C=O) groups is 3. The summed E-state index contributed by atoms with van der Waals surface area (Å²) in [5.74, 6) is -2.01. The van der Waals surface area contributed by atoms with Gasteiger partial charge in [-0.15, -0.1) is 0 Å². The Balaban J connectivity index is 1.72. The van der Waals surface area contributed by atoms with Gasteiger partial charge in [0, 0.05) is 15.6 Å². The van der Waals surface area contributed by atoms with Gasteiger partial charge < -0.3 is 4.74 Å². The first-order valence-corrected chi connectivity index (χ1v) is 11.5. The highest BCUT2D eigenvalue weighted by Crippen LogP contribution is 2.37. The van der Waals surface area contributed by atoms with Crippen LogP contribution < -0.4 is 15.0 Å². The number of nitrogens with one attached hydrogen (secondary N) is 1. The highest BCUT2D eigenvalue weighted by atomic mass is 35.5. The van der Waals surface area contributed by atoms with Crippen LogP contribution in [0.1, 0.15) is 16.7 Å². The van der Waals surface area contributed by atoms with E-state index >= 15 is 0 Å². The Kier molecular flexibility index (Phi) is 7.49. The summed E-state index contributed by atoms with van der Waals surface area (Å²) in [7, 11) is 0. The number of benzene rings is 3. The van der Waals surface area contributed by atoms with Crippen LogP contribution in [-0.4, -0.2) is 17.8 Å². The number of rotatable bonds is 5. The van der Waals surface area contributed by atoms with Gasteiger partial charge in [-0.1, -0.05) is 46.9 Å². The zero-order valence-electron chi connectivity index (χ0n) is 18.4. The number of hydrogen-bond donors (Lipinski definition) is 1. The molecule has 4 amide bonds. The Labute approximate surface area is 223 Å². The van der Waals surface area contributed by atoms with Crippen molar-refractivity contribution in [2.24, 2.45) is 0 Å². The number of hydrogen-bond acceptors (Lipinski definition) is 4. The van der Waals surface area contributed by atoms with E-state index in [2.05, 4.69) is 0 Å². The number of halogens is 6. The Morgan fingerprint density at radius 1 is 0.919 bits per heavy atom. The molecule has 1 saturated heterocycles. The number of amides is 4. The molecule has 0 aliphatic carbocycles. The molecular weight excluding hydrogens is 556 g/mol. The first-order valence-electron chi connectivity index (χ1n) is 10.4. The molecule has 1 fully saturated rings. The van der Waals surface area contributed by atoms with Gasteiger partial charge in [0.1, 0.15) is 17.9 Å². The van der Waals surface area contributed by atoms with E-state index < -0.39 is 40.8 Å². The molecule has 190 valence electrons. The fourth-order valence-corrected chi connectivity index (χ4v) is 4.04. The van der Waals surface area contributed by atoms with E-state index in [-0.39, 0.29) is 28.0 Å². The first-order chi connectivity index (χ1) is 17.4. The lowest BCUT2D eigenvalue weighted by molar-refractivity contribution is -0.137. The molecule has 1 aliphatic heterocycles. The molecule has 4 rings (SSSR count). The standard InChI is InChI=1S/C25H14Cl3F3N2O4/c26-16-3-1-2-13(8-16)12-37-21-7-5-17(27)9-14(21)10-18-22(34)32-24(36)33(23(18)35)20-11-15(25(29,30)31)4-6-19(20)28/h1-11H,12H2,(H,32,34,36)/b18-10-. The van der Waals surface area contributed by atoms with Crippen LogP contribution >= 0.6 is 34.8 Å². The fraction of sp³-hybridized carbons (Fsp3) is 0.0800. The van der Waals surface area contributed by atoms with Gasteiger partial charge in [-0.05, 0) is 60.2 Å². The molecule has 0 saturated carbocycles. The SMILES string of the molecule is O=C1NC(=O)N(c2cc(C(F)(F)F)ccc2Cl)C(=O)/C1=C\c1cc(Cl)ccc1OCc1cccc(Cl)c1. The summed E-state index contributed by atoms with van der Waals surface area (Å²) in [6.45, 7) is 0.0863. The molecule has 0 unspecified atom stereocenters. The minimum atomic E-state index is -4.76. The summed E-state index contributed by atoms with van der Waals surface area (Å²) in [4.78, 5) is 38.6. The van der Waals surface area contributed by atoms with E-state index in [1.54, 1.807) is 24.3 Å². The summed E-state index contributed by atoms with van der Waals surface area (Å²) in [5.41, 5.74) is -1.29. The molecule has 0 spiro atoms. The Bertz CT molecular complexity index is 1460. The maximum absolute atomic E-state index is 13.2. The summed E-state index contributed by atoms with van der Waals surface area (Å²) >= 11 is 18.1. The van der Waals surface area contributed by atoms with Crippen LogP contribution in [0.4, 0.5) is 23.7 Å². The lowest BCUT2D eigenvalue weighted by Gasteiger charge is -2.27. The first kappa shape index (κ1) is 26.5. The van der Waals surface area contributed by atoms with Crippen LogP contribution in [0.5, 0.6) is 5.75 Å². The van der Waals surface area contributed by atoms with Gasteiger partial charge in [-0.2, -0.15) is 13.2 Å². The van der Waals surface area contributed by atoms with Crippen LogP contribution in [0.25, 0.3) is 6.08 Å². The Morgan fingerprint density at radius 2 is 1.65 bits per heavy atom. The minimum Gasteiger partial charge on any atom is -0.488 e. The number of anilines is 1. The highest BCUT2D eigenvalue weighted by molar-refractivity contribution is 6.42. The maximum Gasteiger partial charge on any atom is 0.416 e. The van der Waals surface area contributed by atoms with Crippen molar-refractivity contribution in [1.29, 1.82) is 0 Å². The number of alkyl halides is 3. The molecule has 0 radical (unpaired) electrons. The topological polar surface area (TPSA) is 75.7 Å². The smallest absolute Gasteiger partial charge is 0.416 e. The molecule has 3 aromatic rings. The Hall–Kier alpha value is -3.53. The number of urea groups is 1. The molecule has 1 aliphatic rings. The van der Waals surface area contributed by atoms with E-state index in [9.17, 15) is 27.6 Å². The second kappa shape index (κ2) is 10.5. The van der Waals surface area contributed by atoms with Crippen molar-refractivity contribution in [3.8, 4) is 5.75 Å². The van der Waals surface area contributed by atoms with Gasteiger partial charge in [-0.25, -0.2) is 9.69 Å². The summed E-state index contributed by atoms with van der Waals surface area (Å²) in [6.07, 6.45) is -3.64. The van der Waals surface area contributed by atoms with Crippen molar-refractivity contribution in [1.82, 2.24) is 5.32 Å². The van der Waals surface area contributed by atoms with E-state index in [1.165, 1.54) is 18.2 Å². The van der Waals surface area contributed by atoms with Crippen molar-refractivity contribution >= 4 is 64.4 Å². The molecule has 6 nitrogen and oxygen atoms in total. The number of nitrogens with zero attached hydrogens (tertiary/aromatic N) is 1.